The summed E-state index contributed by atoms with van der Waals surface area (Å²) < 4.78 is 10.7. The Morgan fingerprint density at radius 1 is 1.33 bits per heavy atom. The molecule has 0 radical (unpaired) electrons. The summed E-state index contributed by atoms with van der Waals surface area (Å²) in [5.41, 5.74) is 1.18. The van der Waals surface area contributed by atoms with Crippen LogP contribution in [-0.2, 0) is 9.53 Å². The van der Waals surface area contributed by atoms with Crippen molar-refractivity contribution in [3.8, 4) is 5.75 Å². The number of carbonyl (C=O) groups excluding carboxylic acids is 1. The summed E-state index contributed by atoms with van der Waals surface area (Å²) in [5, 5.41) is 2.96. The third kappa shape index (κ3) is 4.04. The van der Waals surface area contributed by atoms with Gasteiger partial charge in [-0.2, -0.15) is 0 Å². The van der Waals surface area contributed by atoms with Crippen LogP contribution in [0.25, 0.3) is 0 Å². The van der Waals surface area contributed by atoms with Crippen LogP contribution in [0.3, 0.4) is 0 Å². The summed E-state index contributed by atoms with van der Waals surface area (Å²) >= 11 is 0. The Labute approximate surface area is 107 Å². The van der Waals surface area contributed by atoms with E-state index < -0.39 is 0 Å². The minimum absolute atomic E-state index is 0.0672. The fourth-order valence-electron chi connectivity index (χ4n) is 1.89. The molecule has 1 fully saturated rings. The summed E-state index contributed by atoms with van der Waals surface area (Å²) in [6, 6.07) is 7.90. The van der Waals surface area contributed by atoms with Gasteiger partial charge in [-0.15, -0.1) is 0 Å². The van der Waals surface area contributed by atoms with Crippen molar-refractivity contribution in [3.63, 3.8) is 0 Å². The molecule has 0 saturated carbocycles. The number of hydrogen-bond donors (Lipinski definition) is 1. The lowest BCUT2D eigenvalue weighted by atomic mass is 10.1. The van der Waals surface area contributed by atoms with Gasteiger partial charge >= 0.3 is 0 Å². The van der Waals surface area contributed by atoms with Crippen LogP contribution in [0.15, 0.2) is 24.3 Å². The Kier molecular flexibility index (Phi) is 4.59. The fraction of sp³-hybridized carbons (Fsp3) is 0.500. The van der Waals surface area contributed by atoms with E-state index in [9.17, 15) is 4.79 Å². The molecule has 1 aliphatic heterocycles. The quantitative estimate of drug-likeness (QED) is 0.883. The molecule has 0 atom stereocenters. The second-order valence-corrected chi connectivity index (χ2v) is 4.56. The van der Waals surface area contributed by atoms with Gasteiger partial charge in [0.1, 0.15) is 5.75 Å². The number of hydrogen-bond acceptors (Lipinski definition) is 3. The predicted octanol–water partition coefficient (Wildman–Crippen LogP) is 1.67. The summed E-state index contributed by atoms with van der Waals surface area (Å²) in [5.74, 6) is 0.658. The number of rotatable bonds is 4. The van der Waals surface area contributed by atoms with Gasteiger partial charge in [0, 0.05) is 19.3 Å². The van der Waals surface area contributed by atoms with Crippen molar-refractivity contribution in [2.75, 3.05) is 19.8 Å². The Morgan fingerprint density at radius 2 is 2.00 bits per heavy atom. The van der Waals surface area contributed by atoms with Crippen LogP contribution < -0.4 is 10.1 Å². The first-order chi connectivity index (χ1) is 8.74. The zero-order valence-corrected chi connectivity index (χ0v) is 10.6. The van der Waals surface area contributed by atoms with E-state index in [0.29, 0.717) is 0 Å². The van der Waals surface area contributed by atoms with Gasteiger partial charge in [-0.25, -0.2) is 0 Å². The Hall–Kier alpha value is -1.55. The molecule has 1 heterocycles. The van der Waals surface area contributed by atoms with Crippen molar-refractivity contribution >= 4 is 5.91 Å². The molecule has 98 valence electrons. The van der Waals surface area contributed by atoms with E-state index in [1.807, 2.05) is 31.2 Å². The Balaban J connectivity index is 1.72. The third-order valence-electron chi connectivity index (χ3n) is 2.98. The molecule has 1 aromatic carbocycles. The van der Waals surface area contributed by atoms with Crippen molar-refractivity contribution in [2.24, 2.45) is 0 Å². The molecular weight excluding hydrogens is 230 g/mol. The first-order valence-corrected chi connectivity index (χ1v) is 6.30. The molecule has 4 heteroatoms. The first kappa shape index (κ1) is 12.9. The van der Waals surface area contributed by atoms with E-state index in [-0.39, 0.29) is 18.6 Å². The standard InChI is InChI=1S/C14H19NO3/c1-11-2-4-13(5-3-11)18-10-14(16)15-12-6-8-17-9-7-12/h2-5,12H,6-10H2,1H3,(H,15,16). The zero-order valence-electron chi connectivity index (χ0n) is 10.6. The van der Waals surface area contributed by atoms with Crippen LogP contribution in [0.2, 0.25) is 0 Å². The molecule has 1 amide bonds. The molecule has 18 heavy (non-hydrogen) atoms. The van der Waals surface area contributed by atoms with Crippen LogP contribution in [0.5, 0.6) is 5.75 Å². The number of ether oxygens (including phenoxy) is 2. The van der Waals surface area contributed by atoms with Crippen molar-refractivity contribution in [1.82, 2.24) is 5.32 Å². The predicted molar refractivity (Wildman–Crippen MR) is 68.7 cm³/mol. The monoisotopic (exact) mass is 249 g/mol. The minimum atomic E-state index is -0.0672. The molecule has 1 aliphatic rings. The Morgan fingerprint density at radius 3 is 2.67 bits per heavy atom. The molecule has 1 N–H and O–H groups in total. The summed E-state index contributed by atoms with van der Waals surface area (Å²) in [7, 11) is 0. The fourth-order valence-corrected chi connectivity index (χ4v) is 1.89. The molecule has 0 bridgehead atoms. The molecular formula is C14H19NO3. The highest BCUT2D eigenvalue weighted by atomic mass is 16.5. The van der Waals surface area contributed by atoms with E-state index in [4.69, 9.17) is 9.47 Å². The topological polar surface area (TPSA) is 47.6 Å². The van der Waals surface area contributed by atoms with Gasteiger partial charge < -0.3 is 14.8 Å². The third-order valence-corrected chi connectivity index (χ3v) is 2.98. The maximum Gasteiger partial charge on any atom is 0.258 e. The van der Waals surface area contributed by atoms with Crippen LogP contribution in [0.4, 0.5) is 0 Å². The summed E-state index contributed by atoms with van der Waals surface area (Å²) in [6.07, 6.45) is 1.77. The zero-order chi connectivity index (χ0) is 12.8. The number of amides is 1. The lowest BCUT2D eigenvalue weighted by molar-refractivity contribution is -0.124. The van der Waals surface area contributed by atoms with Crippen LogP contribution in [-0.4, -0.2) is 31.8 Å². The van der Waals surface area contributed by atoms with Crippen molar-refractivity contribution in [1.29, 1.82) is 0 Å². The van der Waals surface area contributed by atoms with Crippen LogP contribution in [0.1, 0.15) is 18.4 Å². The number of benzene rings is 1. The van der Waals surface area contributed by atoms with Gasteiger partial charge in [-0.3, -0.25) is 4.79 Å². The molecule has 0 aliphatic carbocycles. The minimum Gasteiger partial charge on any atom is -0.484 e. The number of aryl methyl sites for hydroxylation is 1. The van der Waals surface area contributed by atoms with Gasteiger partial charge in [-0.05, 0) is 31.9 Å². The van der Waals surface area contributed by atoms with Crippen molar-refractivity contribution in [2.45, 2.75) is 25.8 Å². The van der Waals surface area contributed by atoms with Crippen LogP contribution >= 0.6 is 0 Å². The molecule has 4 nitrogen and oxygen atoms in total. The van der Waals surface area contributed by atoms with Gasteiger partial charge in [0.15, 0.2) is 6.61 Å². The number of carbonyl (C=O) groups is 1. The molecule has 0 unspecified atom stereocenters. The maximum atomic E-state index is 11.7. The summed E-state index contributed by atoms with van der Waals surface area (Å²) in [4.78, 5) is 11.7. The SMILES string of the molecule is Cc1ccc(OCC(=O)NC2CCOCC2)cc1. The molecule has 0 spiro atoms. The highest BCUT2D eigenvalue weighted by Crippen LogP contribution is 2.11. The van der Waals surface area contributed by atoms with E-state index in [0.717, 1.165) is 31.8 Å². The van der Waals surface area contributed by atoms with E-state index >= 15 is 0 Å². The van der Waals surface area contributed by atoms with Crippen molar-refractivity contribution < 1.29 is 14.3 Å². The lowest BCUT2D eigenvalue weighted by Crippen LogP contribution is -2.41. The number of nitrogens with one attached hydrogen (secondary N) is 1. The second-order valence-electron chi connectivity index (χ2n) is 4.56. The van der Waals surface area contributed by atoms with E-state index in [2.05, 4.69) is 5.32 Å². The average molecular weight is 249 g/mol. The van der Waals surface area contributed by atoms with Gasteiger partial charge in [0.2, 0.25) is 0 Å². The first-order valence-electron chi connectivity index (χ1n) is 6.30. The molecule has 2 rings (SSSR count). The largest absolute Gasteiger partial charge is 0.484 e. The van der Waals surface area contributed by atoms with Gasteiger partial charge in [0.05, 0.1) is 0 Å². The highest BCUT2D eigenvalue weighted by molar-refractivity contribution is 5.77. The second kappa shape index (κ2) is 6.40. The smallest absolute Gasteiger partial charge is 0.258 e. The molecule has 0 aromatic heterocycles. The van der Waals surface area contributed by atoms with Crippen molar-refractivity contribution in [3.05, 3.63) is 29.8 Å². The summed E-state index contributed by atoms with van der Waals surface area (Å²) in [6.45, 7) is 3.54. The maximum absolute atomic E-state index is 11.7. The van der Waals surface area contributed by atoms with Gasteiger partial charge in [-0.1, -0.05) is 17.7 Å². The van der Waals surface area contributed by atoms with E-state index in [1.165, 1.54) is 5.56 Å². The normalized spacial score (nSPS) is 16.3. The van der Waals surface area contributed by atoms with Crippen LogP contribution in [0, 0.1) is 6.92 Å². The molecule has 1 aromatic rings. The Bertz CT molecular complexity index is 383. The molecule has 1 saturated heterocycles. The lowest BCUT2D eigenvalue weighted by Gasteiger charge is -2.23. The van der Waals surface area contributed by atoms with E-state index in [1.54, 1.807) is 0 Å². The average Bonchev–Trinajstić information content (AvgIpc) is 2.39. The highest BCUT2D eigenvalue weighted by Gasteiger charge is 2.16. The van der Waals surface area contributed by atoms with Gasteiger partial charge in [0.25, 0.3) is 5.91 Å².